The van der Waals surface area contributed by atoms with Crippen molar-refractivity contribution < 1.29 is 8.96 Å². The first kappa shape index (κ1) is 16.3. The van der Waals surface area contributed by atoms with Crippen molar-refractivity contribution in [1.82, 2.24) is 0 Å². The number of aromatic nitrogens is 1. The summed E-state index contributed by atoms with van der Waals surface area (Å²) in [5, 5.41) is 2.58. The summed E-state index contributed by atoms with van der Waals surface area (Å²) in [5.41, 5.74) is 9.05. The highest BCUT2D eigenvalue weighted by molar-refractivity contribution is 5.95. The molecule has 1 heterocycles. The van der Waals surface area contributed by atoms with Crippen LogP contribution in [0.25, 0.3) is 22.0 Å². The van der Waals surface area contributed by atoms with Gasteiger partial charge in [-0.1, -0.05) is 6.07 Å². The SMILES string of the molecule is Cc1cc(-c2c3cc4c(cc3cc(C)[n+]2C)CCC4)c(C)c(C)c1F. The topological polar surface area (TPSA) is 3.88 Å². The fraction of sp³-hybridized carbons (Fsp3) is 0.348. The molecular weight excluding hydrogens is 309 g/mol. The van der Waals surface area contributed by atoms with Crippen molar-refractivity contribution in [2.24, 2.45) is 7.05 Å². The molecule has 2 heteroatoms. The Morgan fingerprint density at radius 2 is 1.56 bits per heavy atom. The number of aryl methyl sites for hydroxylation is 4. The first-order valence-corrected chi connectivity index (χ1v) is 9.10. The van der Waals surface area contributed by atoms with Crippen LogP contribution in [0.5, 0.6) is 0 Å². The Balaban J connectivity index is 2.13. The molecule has 25 heavy (non-hydrogen) atoms. The van der Waals surface area contributed by atoms with Gasteiger partial charge in [-0.2, -0.15) is 4.57 Å². The van der Waals surface area contributed by atoms with E-state index in [-0.39, 0.29) is 5.82 Å². The summed E-state index contributed by atoms with van der Waals surface area (Å²) < 4.78 is 16.6. The van der Waals surface area contributed by atoms with Gasteiger partial charge in [0.15, 0.2) is 5.69 Å². The second-order valence-corrected chi connectivity index (χ2v) is 7.56. The molecule has 1 aromatic heterocycles. The minimum atomic E-state index is -0.0817. The number of benzene rings is 2. The Morgan fingerprint density at radius 3 is 2.28 bits per heavy atom. The highest BCUT2D eigenvalue weighted by atomic mass is 19.1. The summed E-state index contributed by atoms with van der Waals surface area (Å²) in [6.07, 6.45) is 3.61. The van der Waals surface area contributed by atoms with E-state index in [0.717, 1.165) is 16.7 Å². The van der Waals surface area contributed by atoms with E-state index in [0.29, 0.717) is 5.56 Å². The van der Waals surface area contributed by atoms with Crippen molar-refractivity contribution in [3.63, 3.8) is 0 Å². The van der Waals surface area contributed by atoms with Gasteiger partial charge < -0.3 is 0 Å². The van der Waals surface area contributed by atoms with Crippen LogP contribution in [-0.2, 0) is 19.9 Å². The molecule has 0 N–H and O–H groups in total. The predicted molar refractivity (Wildman–Crippen MR) is 101 cm³/mol. The standard InChI is InChI=1S/C23H25FN/c1-13-9-20(15(3)16(4)22(13)24)23-21-12-18-8-6-7-17(18)11-19(21)10-14(2)25(23)5/h9-12H,6-8H2,1-5H3/q+1. The Labute approximate surface area is 149 Å². The van der Waals surface area contributed by atoms with E-state index >= 15 is 0 Å². The molecule has 0 saturated carbocycles. The van der Waals surface area contributed by atoms with E-state index in [1.165, 1.54) is 52.5 Å². The summed E-state index contributed by atoms with van der Waals surface area (Å²) in [5.74, 6) is -0.0817. The van der Waals surface area contributed by atoms with E-state index in [1.54, 1.807) is 0 Å². The summed E-state index contributed by atoms with van der Waals surface area (Å²) in [6, 6.07) is 9.03. The van der Waals surface area contributed by atoms with Crippen LogP contribution >= 0.6 is 0 Å². The molecule has 0 bridgehead atoms. The third-order valence-electron chi connectivity index (χ3n) is 6.01. The molecule has 0 amide bonds. The van der Waals surface area contributed by atoms with Crippen LogP contribution in [0, 0.1) is 33.5 Å². The molecule has 0 unspecified atom stereocenters. The second-order valence-electron chi connectivity index (χ2n) is 7.56. The van der Waals surface area contributed by atoms with Gasteiger partial charge in [-0.05, 0) is 85.4 Å². The van der Waals surface area contributed by atoms with E-state index < -0.39 is 0 Å². The molecule has 1 aliphatic carbocycles. The molecule has 0 saturated heterocycles. The maximum absolute atomic E-state index is 14.4. The van der Waals surface area contributed by atoms with Crippen molar-refractivity contribution in [1.29, 1.82) is 0 Å². The molecule has 1 nitrogen and oxygen atoms in total. The van der Waals surface area contributed by atoms with E-state index in [4.69, 9.17) is 0 Å². The van der Waals surface area contributed by atoms with Crippen molar-refractivity contribution in [2.75, 3.05) is 0 Å². The van der Waals surface area contributed by atoms with Gasteiger partial charge in [0.05, 0.1) is 10.9 Å². The molecule has 0 radical (unpaired) electrons. The van der Waals surface area contributed by atoms with Gasteiger partial charge in [-0.3, -0.25) is 0 Å². The van der Waals surface area contributed by atoms with Gasteiger partial charge in [-0.15, -0.1) is 0 Å². The van der Waals surface area contributed by atoms with Crippen LogP contribution in [-0.4, -0.2) is 0 Å². The summed E-state index contributed by atoms with van der Waals surface area (Å²) in [6.45, 7) is 7.93. The normalized spacial score (nSPS) is 13.5. The lowest BCUT2D eigenvalue weighted by molar-refractivity contribution is -0.665. The maximum Gasteiger partial charge on any atom is 0.220 e. The number of halogens is 1. The monoisotopic (exact) mass is 334 g/mol. The number of nitrogens with zero attached hydrogens (tertiary/aromatic N) is 1. The number of fused-ring (bicyclic) bond motifs is 2. The lowest BCUT2D eigenvalue weighted by atomic mass is 9.92. The van der Waals surface area contributed by atoms with Gasteiger partial charge in [0, 0.05) is 13.0 Å². The zero-order valence-electron chi connectivity index (χ0n) is 15.8. The quantitative estimate of drug-likeness (QED) is 0.539. The van der Waals surface area contributed by atoms with Gasteiger partial charge in [-0.25, -0.2) is 4.39 Å². The molecular formula is C23H25FN+. The zero-order valence-corrected chi connectivity index (χ0v) is 15.8. The van der Waals surface area contributed by atoms with E-state index in [1.807, 2.05) is 26.8 Å². The fourth-order valence-electron chi connectivity index (χ4n) is 4.27. The lowest BCUT2D eigenvalue weighted by Gasteiger charge is -2.14. The van der Waals surface area contributed by atoms with Crippen molar-refractivity contribution in [2.45, 2.75) is 47.0 Å². The molecule has 0 aliphatic heterocycles. The minimum Gasteiger partial charge on any atom is -0.206 e. The van der Waals surface area contributed by atoms with E-state index in [2.05, 4.69) is 36.7 Å². The average Bonchev–Trinajstić information content (AvgIpc) is 3.03. The van der Waals surface area contributed by atoms with Crippen LogP contribution in [0.4, 0.5) is 4.39 Å². The van der Waals surface area contributed by atoms with Crippen LogP contribution in [0.15, 0.2) is 24.3 Å². The second kappa shape index (κ2) is 5.66. The molecule has 3 aromatic rings. The Morgan fingerprint density at radius 1 is 0.880 bits per heavy atom. The van der Waals surface area contributed by atoms with Crippen molar-refractivity contribution in [3.05, 3.63) is 63.6 Å². The van der Waals surface area contributed by atoms with Crippen LogP contribution < -0.4 is 4.57 Å². The number of hydrogen-bond donors (Lipinski definition) is 0. The van der Waals surface area contributed by atoms with Crippen LogP contribution in [0.2, 0.25) is 0 Å². The fourth-order valence-corrected chi connectivity index (χ4v) is 4.27. The highest BCUT2D eigenvalue weighted by Gasteiger charge is 2.24. The third-order valence-corrected chi connectivity index (χ3v) is 6.01. The molecule has 128 valence electrons. The number of pyridine rings is 1. The minimum absolute atomic E-state index is 0.0817. The Hall–Kier alpha value is -2.22. The van der Waals surface area contributed by atoms with Crippen LogP contribution in [0.1, 0.15) is 39.9 Å². The van der Waals surface area contributed by atoms with Crippen molar-refractivity contribution >= 4 is 10.8 Å². The highest BCUT2D eigenvalue weighted by Crippen LogP contribution is 2.35. The van der Waals surface area contributed by atoms with Crippen LogP contribution in [0.3, 0.4) is 0 Å². The van der Waals surface area contributed by atoms with Crippen molar-refractivity contribution in [3.8, 4) is 11.3 Å². The summed E-state index contributed by atoms with van der Waals surface area (Å²) in [7, 11) is 2.12. The number of rotatable bonds is 1. The van der Waals surface area contributed by atoms with Gasteiger partial charge >= 0.3 is 0 Å². The zero-order chi connectivity index (χ0) is 17.9. The maximum atomic E-state index is 14.4. The largest absolute Gasteiger partial charge is 0.220 e. The lowest BCUT2D eigenvalue weighted by Crippen LogP contribution is -2.35. The first-order valence-electron chi connectivity index (χ1n) is 9.10. The third kappa shape index (κ3) is 2.38. The summed E-state index contributed by atoms with van der Waals surface area (Å²) in [4.78, 5) is 0. The Kier molecular flexibility index (Phi) is 3.68. The molecule has 4 rings (SSSR count). The van der Waals surface area contributed by atoms with Gasteiger partial charge in [0.2, 0.25) is 5.69 Å². The average molecular weight is 334 g/mol. The smallest absolute Gasteiger partial charge is 0.206 e. The number of hydrogen-bond acceptors (Lipinski definition) is 0. The molecule has 2 aromatic carbocycles. The van der Waals surface area contributed by atoms with Gasteiger partial charge in [0.1, 0.15) is 12.9 Å². The van der Waals surface area contributed by atoms with Gasteiger partial charge in [0.25, 0.3) is 0 Å². The van der Waals surface area contributed by atoms with E-state index in [9.17, 15) is 4.39 Å². The first-order chi connectivity index (χ1) is 11.9. The molecule has 0 spiro atoms. The Bertz CT molecular complexity index is 1030. The predicted octanol–water partition coefficient (Wildman–Crippen LogP) is 5.19. The molecule has 1 aliphatic rings. The summed E-state index contributed by atoms with van der Waals surface area (Å²) >= 11 is 0. The molecule has 0 fully saturated rings. The molecule has 0 atom stereocenters.